The van der Waals surface area contributed by atoms with Gasteiger partial charge in [-0.25, -0.2) is 8.42 Å². The zero-order valence-corrected chi connectivity index (χ0v) is 14.8. The number of aromatic nitrogens is 3. The summed E-state index contributed by atoms with van der Waals surface area (Å²) in [5, 5.41) is 17.7. The first kappa shape index (κ1) is 20.4. The Hall–Kier alpha value is -1.60. The summed E-state index contributed by atoms with van der Waals surface area (Å²) in [5.74, 6) is 0. The third-order valence-corrected chi connectivity index (χ3v) is 4.58. The maximum absolute atomic E-state index is 10.8. The maximum Gasteiger partial charge on any atom is 0.295 e. The first-order valence-electron chi connectivity index (χ1n) is 5.96. The zero-order chi connectivity index (χ0) is 17.1. The summed E-state index contributed by atoms with van der Waals surface area (Å²) >= 11 is 0. The SMILES string of the molecule is [Ag].[NH-]S(=O)(=O)c1ccccc1S(=O)(=O)O.c1ccc2[n-]nnc2c1. The van der Waals surface area contributed by atoms with Crippen LogP contribution in [0.4, 0.5) is 0 Å². The Balaban J connectivity index is 0.000000248. The maximum atomic E-state index is 10.8. The van der Waals surface area contributed by atoms with E-state index in [1.54, 1.807) is 0 Å². The molecule has 12 heteroatoms. The van der Waals surface area contributed by atoms with Crippen molar-refractivity contribution in [1.29, 1.82) is 0 Å². The molecule has 0 bridgehead atoms. The molecule has 1 aromatic heterocycles. The molecule has 3 aromatic rings. The molecular weight excluding hydrogens is 452 g/mol. The van der Waals surface area contributed by atoms with Crippen LogP contribution in [0, 0.1) is 0 Å². The van der Waals surface area contributed by atoms with Crippen molar-refractivity contribution in [2.75, 3.05) is 0 Å². The van der Waals surface area contributed by atoms with Crippen molar-refractivity contribution in [1.82, 2.24) is 15.4 Å². The van der Waals surface area contributed by atoms with Gasteiger partial charge in [0.15, 0.2) is 0 Å². The molecule has 1 radical (unpaired) electrons. The molecule has 1 heterocycles. The largest absolute Gasteiger partial charge is 0.560 e. The average Bonchev–Trinajstić information content (AvgIpc) is 2.94. The Labute approximate surface area is 153 Å². The third kappa shape index (κ3) is 5.21. The second-order valence-electron chi connectivity index (χ2n) is 4.20. The summed E-state index contributed by atoms with van der Waals surface area (Å²) < 4.78 is 51.7. The summed E-state index contributed by atoms with van der Waals surface area (Å²) in [6.45, 7) is 0. The van der Waals surface area contributed by atoms with Gasteiger partial charge in [0.25, 0.3) is 10.1 Å². The minimum absolute atomic E-state index is 0. The van der Waals surface area contributed by atoms with E-state index in [1.807, 2.05) is 24.3 Å². The van der Waals surface area contributed by atoms with Gasteiger partial charge < -0.3 is 15.3 Å². The average molecular weight is 462 g/mol. The quantitative estimate of drug-likeness (QED) is 0.441. The van der Waals surface area contributed by atoms with E-state index in [0.717, 1.165) is 23.2 Å². The van der Waals surface area contributed by atoms with Gasteiger partial charge in [-0.15, -0.1) is 0 Å². The van der Waals surface area contributed by atoms with Crippen LogP contribution in [-0.2, 0) is 42.5 Å². The number of hydrogen-bond acceptors (Lipinski definition) is 6. The van der Waals surface area contributed by atoms with Crippen LogP contribution < -0.4 is 5.10 Å². The fourth-order valence-electron chi connectivity index (χ4n) is 1.64. The predicted octanol–water partition coefficient (Wildman–Crippen LogP) is 1.26. The van der Waals surface area contributed by atoms with E-state index in [0.29, 0.717) is 0 Å². The van der Waals surface area contributed by atoms with Crippen molar-refractivity contribution >= 4 is 31.2 Å². The van der Waals surface area contributed by atoms with Crippen LogP contribution in [0.3, 0.4) is 0 Å². The summed E-state index contributed by atoms with van der Waals surface area (Å²) in [6.07, 6.45) is 0. The Morgan fingerprint density at radius 1 is 0.917 bits per heavy atom. The molecule has 3 rings (SSSR count). The molecule has 0 fully saturated rings. The van der Waals surface area contributed by atoms with E-state index in [9.17, 15) is 16.8 Å². The minimum atomic E-state index is -4.62. The topological polar surface area (TPSA) is 152 Å². The molecular formula is C12H10AgN4O5S2-2. The van der Waals surface area contributed by atoms with Gasteiger partial charge in [0.05, 0.1) is 4.90 Å². The van der Waals surface area contributed by atoms with Crippen LogP contribution in [0.25, 0.3) is 16.2 Å². The van der Waals surface area contributed by atoms with E-state index in [-0.39, 0.29) is 22.4 Å². The predicted molar refractivity (Wildman–Crippen MR) is 80.6 cm³/mol. The number of rotatable bonds is 2. The van der Waals surface area contributed by atoms with Gasteiger partial charge in [0.1, 0.15) is 14.9 Å². The van der Waals surface area contributed by atoms with Crippen molar-refractivity contribution in [2.45, 2.75) is 9.79 Å². The van der Waals surface area contributed by atoms with Crippen LogP contribution in [0.2, 0.25) is 0 Å². The van der Waals surface area contributed by atoms with Gasteiger partial charge in [-0.05, 0) is 23.2 Å². The van der Waals surface area contributed by atoms with Gasteiger partial charge in [-0.1, -0.05) is 36.4 Å². The normalized spacial score (nSPS) is 11.2. The van der Waals surface area contributed by atoms with Crippen molar-refractivity contribution in [2.24, 2.45) is 0 Å². The molecule has 0 aliphatic carbocycles. The fourth-order valence-corrected chi connectivity index (χ4v) is 3.45. The van der Waals surface area contributed by atoms with Crippen molar-refractivity contribution in [3.63, 3.8) is 0 Å². The Morgan fingerprint density at radius 3 is 1.96 bits per heavy atom. The standard InChI is InChI=1S/C6H4N3.C6H6NO5S2.Ag/c1-2-4-6-5(3-1)7-9-8-6;7-13(8,9)5-3-1-2-4-6(5)14(10,11)12;/h1-4H;1-4H,(H2-,7,8,9,10,11,12);/q2*-1;. The Kier molecular flexibility index (Phi) is 6.80. The van der Waals surface area contributed by atoms with Gasteiger partial charge in [-0.2, -0.15) is 8.42 Å². The number of nitrogens with zero attached hydrogens (tertiary/aromatic N) is 3. The molecule has 0 aliphatic heterocycles. The summed E-state index contributed by atoms with van der Waals surface area (Å²) in [5.41, 5.74) is 1.72. The van der Waals surface area contributed by atoms with E-state index < -0.39 is 29.9 Å². The third-order valence-electron chi connectivity index (χ3n) is 2.60. The second-order valence-corrected chi connectivity index (χ2v) is 7.04. The molecule has 0 unspecified atom stereocenters. The number of nitrogens with one attached hydrogen (secondary N) is 1. The van der Waals surface area contributed by atoms with Crippen molar-refractivity contribution in [3.8, 4) is 0 Å². The Morgan fingerprint density at radius 2 is 1.46 bits per heavy atom. The van der Waals surface area contributed by atoms with Crippen molar-refractivity contribution in [3.05, 3.63) is 53.7 Å². The van der Waals surface area contributed by atoms with Gasteiger partial charge in [-0.3, -0.25) is 9.77 Å². The summed E-state index contributed by atoms with van der Waals surface area (Å²) in [6, 6.07) is 12.0. The van der Waals surface area contributed by atoms with Crippen LogP contribution in [0.5, 0.6) is 0 Å². The van der Waals surface area contributed by atoms with E-state index in [2.05, 4.69) is 15.4 Å². The molecule has 2 N–H and O–H groups in total. The molecule has 0 saturated heterocycles. The molecule has 0 spiro atoms. The molecule has 0 amide bonds. The number of sulfonamides is 1. The van der Waals surface area contributed by atoms with Crippen LogP contribution >= 0.6 is 0 Å². The number of fused-ring (bicyclic) bond motifs is 1. The first-order valence-corrected chi connectivity index (χ1v) is 8.89. The minimum Gasteiger partial charge on any atom is -0.560 e. The molecule has 0 saturated carbocycles. The van der Waals surface area contributed by atoms with E-state index >= 15 is 0 Å². The molecule has 133 valence electrons. The van der Waals surface area contributed by atoms with E-state index in [1.165, 1.54) is 12.1 Å². The van der Waals surface area contributed by atoms with Gasteiger partial charge >= 0.3 is 0 Å². The molecule has 0 aliphatic rings. The summed E-state index contributed by atoms with van der Waals surface area (Å²) in [7, 11) is -9.02. The summed E-state index contributed by atoms with van der Waals surface area (Å²) in [4.78, 5) is -1.52. The van der Waals surface area contributed by atoms with Crippen molar-refractivity contribution < 1.29 is 43.8 Å². The zero-order valence-electron chi connectivity index (χ0n) is 11.7. The molecule has 0 atom stereocenters. The molecule has 9 nitrogen and oxygen atoms in total. The van der Waals surface area contributed by atoms with E-state index in [4.69, 9.17) is 9.69 Å². The monoisotopic (exact) mass is 461 g/mol. The van der Waals surface area contributed by atoms with Crippen LogP contribution in [0.15, 0.2) is 58.3 Å². The Bertz CT molecular complexity index is 953. The molecule has 2 aromatic carbocycles. The van der Waals surface area contributed by atoms with Crippen LogP contribution in [0.1, 0.15) is 0 Å². The second kappa shape index (κ2) is 7.98. The van der Waals surface area contributed by atoms with Gasteiger partial charge in [0.2, 0.25) is 0 Å². The van der Waals surface area contributed by atoms with Gasteiger partial charge in [0, 0.05) is 22.4 Å². The number of hydrogen-bond donors (Lipinski definition) is 1. The number of benzene rings is 2. The smallest absolute Gasteiger partial charge is 0.295 e. The first-order chi connectivity index (χ1) is 10.7. The van der Waals surface area contributed by atoms with Crippen LogP contribution in [-0.4, -0.2) is 31.7 Å². The molecule has 24 heavy (non-hydrogen) atoms. The fraction of sp³-hybridized carbons (Fsp3) is 0.